The molecule has 0 aliphatic rings. The molecule has 0 unspecified atom stereocenters. The smallest absolute Gasteiger partial charge is 0.291 e. The third-order valence-electron chi connectivity index (χ3n) is 4.69. The molecular weight excluding hydrogens is 350 g/mol. The number of hydrogen-bond acceptors (Lipinski definition) is 3. The zero-order valence-corrected chi connectivity index (χ0v) is 17.1. The molecule has 1 heterocycles. The fourth-order valence-electron chi connectivity index (χ4n) is 3.02. The Morgan fingerprint density at radius 3 is 2.46 bits per heavy atom. The lowest BCUT2D eigenvalue weighted by molar-refractivity contribution is 0.0992. The number of ether oxygens (including phenoxy) is 1. The second-order valence-electron chi connectivity index (χ2n) is 7.52. The van der Waals surface area contributed by atoms with Gasteiger partial charge in [-0.05, 0) is 73.2 Å². The molecule has 0 saturated carbocycles. The summed E-state index contributed by atoms with van der Waals surface area (Å²) in [5, 5.41) is 2.91. The van der Waals surface area contributed by atoms with Crippen molar-refractivity contribution in [2.75, 3.05) is 5.32 Å². The van der Waals surface area contributed by atoms with Crippen LogP contribution in [0.25, 0.3) is 0 Å². The van der Waals surface area contributed by atoms with Crippen molar-refractivity contribution < 1.29 is 13.9 Å². The van der Waals surface area contributed by atoms with Gasteiger partial charge in [0.15, 0.2) is 5.76 Å². The Bertz CT molecular complexity index is 985. The zero-order valence-electron chi connectivity index (χ0n) is 17.1. The van der Waals surface area contributed by atoms with E-state index < -0.39 is 0 Å². The molecule has 0 fully saturated rings. The van der Waals surface area contributed by atoms with E-state index in [-0.39, 0.29) is 18.3 Å². The number of amides is 1. The fourth-order valence-corrected chi connectivity index (χ4v) is 3.02. The van der Waals surface area contributed by atoms with E-state index >= 15 is 0 Å². The number of hydrogen-bond donors (Lipinski definition) is 1. The van der Waals surface area contributed by atoms with E-state index in [4.69, 9.17) is 9.15 Å². The van der Waals surface area contributed by atoms with Gasteiger partial charge in [-0.2, -0.15) is 0 Å². The summed E-state index contributed by atoms with van der Waals surface area (Å²) in [6.45, 7) is 10.6. The lowest BCUT2D eigenvalue weighted by atomic mass is 10.0. The van der Waals surface area contributed by atoms with E-state index in [2.05, 4.69) is 31.3 Å². The number of carbonyl (C=O) groups excluding carboxylic acids is 1. The van der Waals surface area contributed by atoms with E-state index in [1.165, 1.54) is 0 Å². The normalized spacial score (nSPS) is 10.9. The minimum Gasteiger partial charge on any atom is -0.485 e. The Kier molecular flexibility index (Phi) is 5.88. The van der Waals surface area contributed by atoms with Gasteiger partial charge in [0.25, 0.3) is 5.91 Å². The van der Waals surface area contributed by atoms with Gasteiger partial charge in [-0.3, -0.25) is 4.79 Å². The number of benzene rings is 2. The molecule has 1 amide bonds. The first-order valence-electron chi connectivity index (χ1n) is 9.54. The van der Waals surface area contributed by atoms with Gasteiger partial charge in [0.1, 0.15) is 18.1 Å². The minimum atomic E-state index is -0.265. The van der Waals surface area contributed by atoms with Crippen LogP contribution < -0.4 is 10.1 Å². The van der Waals surface area contributed by atoms with Gasteiger partial charge >= 0.3 is 0 Å². The van der Waals surface area contributed by atoms with Crippen LogP contribution in [0.5, 0.6) is 5.75 Å². The van der Waals surface area contributed by atoms with Crippen LogP contribution in [0.4, 0.5) is 5.69 Å². The van der Waals surface area contributed by atoms with Crippen molar-refractivity contribution in [1.29, 1.82) is 0 Å². The molecule has 4 nitrogen and oxygen atoms in total. The van der Waals surface area contributed by atoms with Gasteiger partial charge in [0.05, 0.1) is 0 Å². The summed E-state index contributed by atoms with van der Waals surface area (Å²) in [5.74, 6) is 1.84. The number of furan rings is 1. The highest BCUT2D eigenvalue weighted by molar-refractivity contribution is 6.02. The number of rotatable bonds is 6. The average Bonchev–Trinajstić information content (AvgIpc) is 3.12. The summed E-state index contributed by atoms with van der Waals surface area (Å²) < 4.78 is 11.7. The summed E-state index contributed by atoms with van der Waals surface area (Å²) in [6.07, 6.45) is 0. The summed E-state index contributed by atoms with van der Waals surface area (Å²) in [5.41, 5.74) is 5.20. The molecule has 3 rings (SSSR count). The Balaban J connectivity index is 1.68. The maximum absolute atomic E-state index is 12.5. The predicted molar refractivity (Wildman–Crippen MR) is 112 cm³/mol. The molecule has 0 saturated heterocycles. The molecule has 0 aliphatic heterocycles. The van der Waals surface area contributed by atoms with E-state index in [1.807, 2.05) is 45.0 Å². The highest BCUT2D eigenvalue weighted by Crippen LogP contribution is 2.28. The molecule has 3 aromatic rings. The van der Waals surface area contributed by atoms with Crippen LogP contribution >= 0.6 is 0 Å². The maximum Gasteiger partial charge on any atom is 0.291 e. The lowest BCUT2D eigenvalue weighted by Gasteiger charge is -2.14. The molecule has 28 heavy (non-hydrogen) atoms. The molecule has 146 valence electrons. The van der Waals surface area contributed by atoms with Gasteiger partial charge in [0.2, 0.25) is 0 Å². The quantitative estimate of drug-likeness (QED) is 0.560. The topological polar surface area (TPSA) is 51.5 Å². The molecule has 0 radical (unpaired) electrons. The fraction of sp³-hybridized carbons (Fsp3) is 0.292. The van der Waals surface area contributed by atoms with Gasteiger partial charge in [-0.15, -0.1) is 0 Å². The van der Waals surface area contributed by atoms with E-state index in [0.29, 0.717) is 11.7 Å². The Morgan fingerprint density at radius 1 is 1.00 bits per heavy atom. The second-order valence-corrected chi connectivity index (χ2v) is 7.52. The first-order valence-corrected chi connectivity index (χ1v) is 9.54. The Labute approximate surface area is 166 Å². The highest BCUT2D eigenvalue weighted by atomic mass is 16.5. The molecule has 1 N–H and O–H groups in total. The lowest BCUT2D eigenvalue weighted by Crippen LogP contribution is -2.12. The van der Waals surface area contributed by atoms with Crippen LogP contribution in [-0.4, -0.2) is 5.91 Å². The van der Waals surface area contributed by atoms with Gasteiger partial charge in [-0.25, -0.2) is 0 Å². The van der Waals surface area contributed by atoms with E-state index in [0.717, 1.165) is 33.7 Å². The number of anilines is 1. The highest BCUT2D eigenvalue weighted by Gasteiger charge is 2.14. The molecule has 0 aliphatic carbocycles. The summed E-state index contributed by atoms with van der Waals surface area (Å²) in [6, 6.07) is 15.6. The van der Waals surface area contributed by atoms with Crippen LogP contribution in [0.1, 0.15) is 58.3 Å². The SMILES string of the molecule is Cc1ccc(C)c(NC(=O)c2ccc(COc3cc(C)ccc3C(C)C)o2)c1. The molecule has 4 heteroatoms. The van der Waals surface area contributed by atoms with E-state index in [1.54, 1.807) is 12.1 Å². The van der Waals surface area contributed by atoms with Crippen molar-refractivity contribution >= 4 is 11.6 Å². The van der Waals surface area contributed by atoms with Crippen LogP contribution in [0.2, 0.25) is 0 Å². The third-order valence-corrected chi connectivity index (χ3v) is 4.69. The third kappa shape index (κ3) is 4.63. The molecule has 0 spiro atoms. The predicted octanol–water partition coefficient (Wildman–Crippen LogP) is 6.16. The Morgan fingerprint density at radius 2 is 1.71 bits per heavy atom. The van der Waals surface area contributed by atoms with Crippen molar-refractivity contribution in [3.63, 3.8) is 0 Å². The first kappa shape index (κ1) is 19.7. The van der Waals surface area contributed by atoms with Crippen molar-refractivity contribution in [2.24, 2.45) is 0 Å². The van der Waals surface area contributed by atoms with Crippen molar-refractivity contribution in [3.8, 4) is 5.75 Å². The Hall–Kier alpha value is -3.01. The summed E-state index contributed by atoms with van der Waals surface area (Å²) >= 11 is 0. The van der Waals surface area contributed by atoms with Crippen molar-refractivity contribution in [3.05, 3.63) is 82.3 Å². The summed E-state index contributed by atoms with van der Waals surface area (Å²) in [4.78, 5) is 12.5. The molecular formula is C24H27NO3. The van der Waals surface area contributed by atoms with Crippen molar-refractivity contribution in [2.45, 2.75) is 47.1 Å². The van der Waals surface area contributed by atoms with Gasteiger partial charge < -0.3 is 14.5 Å². The molecule has 1 aromatic heterocycles. The molecule has 0 atom stereocenters. The van der Waals surface area contributed by atoms with Crippen LogP contribution in [0.15, 0.2) is 52.9 Å². The second kappa shape index (κ2) is 8.34. The average molecular weight is 377 g/mol. The minimum absolute atomic E-state index is 0.265. The number of carbonyl (C=O) groups is 1. The summed E-state index contributed by atoms with van der Waals surface area (Å²) in [7, 11) is 0. The van der Waals surface area contributed by atoms with Crippen LogP contribution in [-0.2, 0) is 6.61 Å². The van der Waals surface area contributed by atoms with Crippen molar-refractivity contribution in [1.82, 2.24) is 0 Å². The first-order chi connectivity index (χ1) is 13.3. The monoisotopic (exact) mass is 377 g/mol. The number of nitrogens with one attached hydrogen (secondary N) is 1. The maximum atomic E-state index is 12.5. The van der Waals surface area contributed by atoms with E-state index in [9.17, 15) is 4.79 Å². The van der Waals surface area contributed by atoms with Crippen LogP contribution in [0.3, 0.4) is 0 Å². The van der Waals surface area contributed by atoms with Crippen LogP contribution in [0, 0.1) is 20.8 Å². The number of aryl methyl sites for hydroxylation is 3. The molecule has 0 bridgehead atoms. The molecule has 2 aromatic carbocycles. The zero-order chi connectivity index (χ0) is 20.3. The largest absolute Gasteiger partial charge is 0.485 e. The standard InChI is InChI=1S/C24H27NO3/c1-15(2)20-10-7-17(4)13-23(20)27-14-19-9-11-22(28-19)24(26)25-21-12-16(3)6-8-18(21)5/h6-13,15H,14H2,1-5H3,(H,25,26). The van der Waals surface area contributed by atoms with Gasteiger partial charge in [-0.1, -0.05) is 38.1 Å². The van der Waals surface area contributed by atoms with Gasteiger partial charge in [0, 0.05) is 5.69 Å².